The Hall–Kier alpha value is -1.59. The molecule has 0 aliphatic rings. The van der Waals surface area contributed by atoms with Crippen LogP contribution in [-0.2, 0) is 6.42 Å². The van der Waals surface area contributed by atoms with E-state index in [0.29, 0.717) is 22.5 Å². The molecule has 0 aliphatic carbocycles. The number of nitrogens with zero attached hydrogens (tertiary/aromatic N) is 2. The number of aromatic nitrogens is 2. The summed E-state index contributed by atoms with van der Waals surface area (Å²) in [4.78, 5) is 4.36. The molecule has 19 heavy (non-hydrogen) atoms. The Bertz CT molecular complexity index is 542. The lowest BCUT2D eigenvalue weighted by molar-refractivity contribution is 0.375. The first-order chi connectivity index (χ1) is 9.24. The fourth-order valence-corrected chi connectivity index (χ4v) is 1.89. The molecule has 1 N–H and O–H groups in total. The van der Waals surface area contributed by atoms with Crippen molar-refractivity contribution in [3.63, 3.8) is 0 Å². The molecule has 0 saturated heterocycles. The van der Waals surface area contributed by atoms with Crippen LogP contribution in [0.5, 0.6) is 5.75 Å². The van der Waals surface area contributed by atoms with Crippen LogP contribution in [0.1, 0.15) is 12.3 Å². The molecule has 6 heteroatoms. The third kappa shape index (κ3) is 3.45. The zero-order chi connectivity index (χ0) is 13.7. The third-order valence-electron chi connectivity index (χ3n) is 2.69. The van der Waals surface area contributed by atoms with Gasteiger partial charge in [0.15, 0.2) is 0 Å². The smallest absolute Gasteiger partial charge is 0.227 e. The van der Waals surface area contributed by atoms with Crippen LogP contribution >= 0.6 is 11.6 Å². The predicted octanol–water partition coefficient (Wildman–Crippen LogP) is 2.55. The zero-order valence-corrected chi connectivity index (χ0v) is 11.7. The van der Waals surface area contributed by atoms with E-state index in [9.17, 15) is 0 Å². The molecule has 1 aromatic carbocycles. The van der Waals surface area contributed by atoms with E-state index in [1.54, 1.807) is 19.2 Å². The molecule has 5 nitrogen and oxygen atoms in total. The molecule has 0 unspecified atom stereocenters. The van der Waals surface area contributed by atoms with Crippen molar-refractivity contribution < 1.29 is 9.26 Å². The Kier molecular flexibility index (Phi) is 4.76. The summed E-state index contributed by atoms with van der Waals surface area (Å²) in [5.41, 5.74) is 0.774. The van der Waals surface area contributed by atoms with Gasteiger partial charge in [-0.2, -0.15) is 4.98 Å². The topological polar surface area (TPSA) is 60.2 Å². The lowest BCUT2D eigenvalue weighted by Gasteiger charge is -2.04. The van der Waals surface area contributed by atoms with Gasteiger partial charge in [0.1, 0.15) is 5.75 Å². The number of ether oxygens (including phenoxy) is 1. The standard InChI is InChI=1S/C13H16ClN3O2/c1-15-7-3-4-12-16-13(17-19-12)10-6-5-9(14)8-11(10)18-2/h5-6,8,15H,3-4,7H2,1-2H3. The van der Waals surface area contributed by atoms with Crippen molar-refractivity contribution in [3.05, 3.63) is 29.1 Å². The van der Waals surface area contributed by atoms with E-state index in [0.717, 1.165) is 24.9 Å². The van der Waals surface area contributed by atoms with Gasteiger partial charge in [0, 0.05) is 11.4 Å². The fourth-order valence-electron chi connectivity index (χ4n) is 1.73. The van der Waals surface area contributed by atoms with Crippen LogP contribution in [0.4, 0.5) is 0 Å². The van der Waals surface area contributed by atoms with Crippen molar-refractivity contribution in [2.24, 2.45) is 0 Å². The molecule has 0 radical (unpaired) electrons. The van der Waals surface area contributed by atoms with E-state index in [1.807, 2.05) is 13.1 Å². The van der Waals surface area contributed by atoms with E-state index in [1.165, 1.54) is 0 Å². The molecule has 2 aromatic rings. The Labute approximate surface area is 116 Å². The van der Waals surface area contributed by atoms with Gasteiger partial charge in [0.25, 0.3) is 0 Å². The summed E-state index contributed by atoms with van der Waals surface area (Å²) in [7, 11) is 3.50. The minimum Gasteiger partial charge on any atom is -0.496 e. The number of hydrogen-bond acceptors (Lipinski definition) is 5. The number of aryl methyl sites for hydroxylation is 1. The predicted molar refractivity (Wildman–Crippen MR) is 73.5 cm³/mol. The highest BCUT2D eigenvalue weighted by molar-refractivity contribution is 6.30. The molecule has 1 aromatic heterocycles. The Morgan fingerprint density at radius 1 is 1.42 bits per heavy atom. The SMILES string of the molecule is CNCCCc1nc(-c2ccc(Cl)cc2OC)no1. The van der Waals surface area contributed by atoms with E-state index < -0.39 is 0 Å². The van der Waals surface area contributed by atoms with E-state index >= 15 is 0 Å². The monoisotopic (exact) mass is 281 g/mol. The van der Waals surface area contributed by atoms with Crippen molar-refractivity contribution >= 4 is 11.6 Å². The molecule has 2 rings (SSSR count). The second kappa shape index (κ2) is 6.54. The Balaban J connectivity index is 2.18. The summed E-state index contributed by atoms with van der Waals surface area (Å²) in [6.45, 7) is 0.919. The maximum atomic E-state index is 5.92. The number of benzene rings is 1. The fraction of sp³-hybridized carbons (Fsp3) is 0.385. The maximum Gasteiger partial charge on any atom is 0.227 e. The van der Waals surface area contributed by atoms with Gasteiger partial charge < -0.3 is 14.6 Å². The number of hydrogen-bond donors (Lipinski definition) is 1. The van der Waals surface area contributed by atoms with Crippen molar-refractivity contribution in [2.45, 2.75) is 12.8 Å². The first kappa shape index (κ1) is 13.8. The highest BCUT2D eigenvalue weighted by Gasteiger charge is 2.13. The molecule has 1 heterocycles. The van der Waals surface area contributed by atoms with Crippen LogP contribution in [0.2, 0.25) is 5.02 Å². The van der Waals surface area contributed by atoms with Crippen LogP contribution in [0, 0.1) is 0 Å². The molecule has 0 atom stereocenters. The average Bonchev–Trinajstić information content (AvgIpc) is 2.87. The van der Waals surface area contributed by atoms with Crippen LogP contribution in [0.25, 0.3) is 11.4 Å². The van der Waals surface area contributed by atoms with Crippen LogP contribution in [-0.4, -0.2) is 30.8 Å². The molecular weight excluding hydrogens is 266 g/mol. The largest absolute Gasteiger partial charge is 0.496 e. The molecule has 0 amide bonds. The molecule has 102 valence electrons. The number of methoxy groups -OCH3 is 1. The van der Waals surface area contributed by atoms with Gasteiger partial charge >= 0.3 is 0 Å². The Morgan fingerprint density at radius 3 is 3.00 bits per heavy atom. The van der Waals surface area contributed by atoms with Crippen LogP contribution < -0.4 is 10.1 Å². The first-order valence-corrected chi connectivity index (χ1v) is 6.43. The lowest BCUT2D eigenvalue weighted by Crippen LogP contribution is -2.08. The van der Waals surface area contributed by atoms with Crippen molar-refractivity contribution in [3.8, 4) is 17.1 Å². The van der Waals surface area contributed by atoms with Gasteiger partial charge in [-0.3, -0.25) is 0 Å². The Morgan fingerprint density at radius 2 is 2.26 bits per heavy atom. The summed E-state index contributed by atoms with van der Waals surface area (Å²) in [6, 6.07) is 5.33. The van der Waals surface area contributed by atoms with Gasteiger partial charge in [0.2, 0.25) is 11.7 Å². The second-order valence-electron chi connectivity index (χ2n) is 4.06. The molecule has 0 bridgehead atoms. The van der Waals surface area contributed by atoms with Gasteiger partial charge in [-0.1, -0.05) is 16.8 Å². The van der Waals surface area contributed by atoms with Gasteiger partial charge in [-0.05, 0) is 38.2 Å². The minimum atomic E-state index is 0.521. The number of nitrogens with one attached hydrogen (secondary N) is 1. The minimum absolute atomic E-state index is 0.521. The number of halogens is 1. The molecule has 0 fully saturated rings. The zero-order valence-electron chi connectivity index (χ0n) is 10.9. The van der Waals surface area contributed by atoms with Gasteiger partial charge in [0.05, 0.1) is 12.7 Å². The van der Waals surface area contributed by atoms with Crippen molar-refractivity contribution in [1.82, 2.24) is 15.5 Å². The highest BCUT2D eigenvalue weighted by atomic mass is 35.5. The summed E-state index contributed by atoms with van der Waals surface area (Å²) >= 11 is 5.92. The normalized spacial score (nSPS) is 10.7. The van der Waals surface area contributed by atoms with Crippen LogP contribution in [0.15, 0.2) is 22.7 Å². The van der Waals surface area contributed by atoms with Crippen LogP contribution in [0.3, 0.4) is 0 Å². The van der Waals surface area contributed by atoms with Gasteiger partial charge in [-0.25, -0.2) is 0 Å². The molecule has 0 aliphatic heterocycles. The summed E-state index contributed by atoms with van der Waals surface area (Å²) in [5, 5.41) is 7.66. The number of rotatable bonds is 6. The van der Waals surface area contributed by atoms with Gasteiger partial charge in [-0.15, -0.1) is 0 Å². The van der Waals surface area contributed by atoms with E-state index in [-0.39, 0.29) is 0 Å². The third-order valence-corrected chi connectivity index (χ3v) is 2.93. The summed E-state index contributed by atoms with van der Waals surface area (Å²) in [5.74, 6) is 1.78. The van der Waals surface area contributed by atoms with Crippen molar-refractivity contribution in [1.29, 1.82) is 0 Å². The average molecular weight is 282 g/mol. The van der Waals surface area contributed by atoms with Crippen molar-refractivity contribution in [2.75, 3.05) is 20.7 Å². The van der Waals surface area contributed by atoms with E-state index in [2.05, 4.69) is 15.5 Å². The lowest BCUT2D eigenvalue weighted by atomic mass is 10.2. The summed E-state index contributed by atoms with van der Waals surface area (Å²) < 4.78 is 10.5. The second-order valence-corrected chi connectivity index (χ2v) is 4.50. The summed E-state index contributed by atoms with van der Waals surface area (Å²) in [6.07, 6.45) is 1.71. The first-order valence-electron chi connectivity index (χ1n) is 6.05. The molecular formula is C13H16ClN3O2. The van der Waals surface area contributed by atoms with E-state index in [4.69, 9.17) is 20.9 Å². The highest BCUT2D eigenvalue weighted by Crippen LogP contribution is 2.30. The maximum absolute atomic E-state index is 5.92. The quantitative estimate of drug-likeness (QED) is 0.825. The molecule has 0 saturated carbocycles. The molecule has 0 spiro atoms.